The quantitative estimate of drug-likeness (QED) is 0.860. The molecule has 7 heteroatoms. The Balaban J connectivity index is 1.69. The molecule has 1 aliphatic rings. The van der Waals surface area contributed by atoms with Gasteiger partial charge in [-0.2, -0.15) is 0 Å². The van der Waals surface area contributed by atoms with Crippen molar-refractivity contribution in [2.45, 2.75) is 0 Å². The molecular formula is C16H15BrClN3O2. The first kappa shape index (κ1) is 16.1. The molecule has 1 N–H and O–H groups in total. The third-order valence-corrected chi connectivity index (χ3v) is 4.67. The van der Waals surface area contributed by atoms with Crippen molar-refractivity contribution in [2.24, 2.45) is 0 Å². The van der Waals surface area contributed by atoms with E-state index in [1.165, 1.54) is 0 Å². The van der Waals surface area contributed by atoms with Crippen LogP contribution in [0.5, 0.6) is 0 Å². The van der Waals surface area contributed by atoms with Gasteiger partial charge in [-0.25, -0.2) is 9.78 Å². The topological polar surface area (TPSA) is 56.7 Å². The van der Waals surface area contributed by atoms with Crippen LogP contribution in [0.1, 0.15) is 10.4 Å². The highest BCUT2D eigenvalue weighted by molar-refractivity contribution is 9.10. The number of carboxylic acids is 1. The number of hydrogen-bond donors (Lipinski definition) is 1. The SMILES string of the molecule is O=C(O)c1ccc(N2CCN(c3cc(Br)ccn3)CC2)cc1Cl. The highest BCUT2D eigenvalue weighted by atomic mass is 79.9. The number of aromatic carboxylic acids is 1. The van der Waals surface area contributed by atoms with E-state index >= 15 is 0 Å². The minimum atomic E-state index is -1.01. The van der Waals surface area contributed by atoms with Crippen LogP contribution in [-0.2, 0) is 0 Å². The van der Waals surface area contributed by atoms with Crippen molar-refractivity contribution in [3.05, 3.63) is 51.6 Å². The van der Waals surface area contributed by atoms with Gasteiger partial charge in [0.15, 0.2) is 0 Å². The van der Waals surface area contributed by atoms with Gasteiger partial charge in [-0.15, -0.1) is 0 Å². The average molecular weight is 397 g/mol. The number of pyridine rings is 1. The average Bonchev–Trinajstić information content (AvgIpc) is 2.54. The fourth-order valence-electron chi connectivity index (χ4n) is 2.63. The molecule has 0 aliphatic carbocycles. The number of carbonyl (C=O) groups is 1. The summed E-state index contributed by atoms with van der Waals surface area (Å²) in [6.07, 6.45) is 1.79. The summed E-state index contributed by atoms with van der Waals surface area (Å²) < 4.78 is 1.01. The first-order valence-corrected chi connectivity index (χ1v) is 8.36. The van der Waals surface area contributed by atoms with Gasteiger partial charge in [-0.1, -0.05) is 27.5 Å². The predicted molar refractivity (Wildman–Crippen MR) is 94.8 cm³/mol. The van der Waals surface area contributed by atoms with Crippen LogP contribution in [0.15, 0.2) is 41.0 Å². The van der Waals surface area contributed by atoms with Gasteiger partial charge in [-0.3, -0.25) is 0 Å². The molecule has 0 bridgehead atoms. The molecule has 5 nitrogen and oxygen atoms in total. The second-order valence-electron chi connectivity index (χ2n) is 5.28. The fourth-order valence-corrected chi connectivity index (χ4v) is 3.21. The predicted octanol–water partition coefficient (Wildman–Crippen LogP) is 3.52. The second-order valence-corrected chi connectivity index (χ2v) is 6.60. The van der Waals surface area contributed by atoms with Crippen LogP contribution < -0.4 is 9.80 Å². The van der Waals surface area contributed by atoms with Crippen LogP contribution in [0.2, 0.25) is 5.02 Å². The van der Waals surface area contributed by atoms with Gasteiger partial charge in [0.1, 0.15) is 5.82 Å². The third-order valence-electron chi connectivity index (χ3n) is 3.86. The van der Waals surface area contributed by atoms with Crippen LogP contribution in [0.3, 0.4) is 0 Å². The highest BCUT2D eigenvalue weighted by Gasteiger charge is 2.19. The fraction of sp³-hybridized carbons (Fsp3) is 0.250. The number of rotatable bonds is 3. The lowest BCUT2D eigenvalue weighted by Crippen LogP contribution is -2.46. The monoisotopic (exact) mass is 395 g/mol. The zero-order valence-electron chi connectivity index (χ0n) is 12.2. The molecule has 1 fully saturated rings. The van der Waals surface area contributed by atoms with E-state index in [4.69, 9.17) is 16.7 Å². The van der Waals surface area contributed by atoms with E-state index in [0.29, 0.717) is 0 Å². The van der Waals surface area contributed by atoms with Crippen LogP contribution in [0.4, 0.5) is 11.5 Å². The Morgan fingerprint density at radius 3 is 2.43 bits per heavy atom. The smallest absolute Gasteiger partial charge is 0.337 e. The lowest BCUT2D eigenvalue weighted by atomic mass is 10.1. The van der Waals surface area contributed by atoms with Crippen molar-refractivity contribution in [3.63, 3.8) is 0 Å². The van der Waals surface area contributed by atoms with Crippen LogP contribution in [0.25, 0.3) is 0 Å². The van der Waals surface area contributed by atoms with Crippen LogP contribution in [-0.4, -0.2) is 42.2 Å². The minimum Gasteiger partial charge on any atom is -0.478 e. The maximum atomic E-state index is 11.0. The number of aromatic nitrogens is 1. The first-order chi connectivity index (χ1) is 11.0. The van der Waals surface area contributed by atoms with E-state index in [0.717, 1.165) is 42.2 Å². The molecule has 1 saturated heterocycles. The zero-order valence-corrected chi connectivity index (χ0v) is 14.6. The van der Waals surface area contributed by atoms with E-state index in [1.54, 1.807) is 18.3 Å². The van der Waals surface area contributed by atoms with Crippen molar-refractivity contribution in [1.82, 2.24) is 4.98 Å². The number of hydrogen-bond acceptors (Lipinski definition) is 4. The number of nitrogens with zero attached hydrogens (tertiary/aromatic N) is 3. The Morgan fingerprint density at radius 2 is 1.83 bits per heavy atom. The Morgan fingerprint density at radius 1 is 1.13 bits per heavy atom. The van der Waals surface area contributed by atoms with E-state index in [9.17, 15) is 4.79 Å². The largest absolute Gasteiger partial charge is 0.478 e. The number of halogens is 2. The number of anilines is 2. The summed E-state index contributed by atoms with van der Waals surface area (Å²) in [5, 5.41) is 9.30. The summed E-state index contributed by atoms with van der Waals surface area (Å²) in [5.74, 6) is -0.0506. The molecule has 0 amide bonds. The molecule has 0 radical (unpaired) electrons. The molecule has 3 rings (SSSR count). The standard InChI is InChI=1S/C16H15BrClN3O2/c17-11-3-4-19-15(9-11)21-7-5-20(6-8-21)12-1-2-13(16(22)23)14(18)10-12/h1-4,9-10H,5-8H2,(H,22,23). The Hall–Kier alpha value is -1.79. The van der Waals surface area contributed by atoms with Gasteiger partial charge in [0.2, 0.25) is 0 Å². The molecular weight excluding hydrogens is 382 g/mol. The first-order valence-electron chi connectivity index (χ1n) is 7.19. The number of carboxylic acid groups (broad SMARTS) is 1. The van der Waals surface area contributed by atoms with Crippen molar-refractivity contribution in [3.8, 4) is 0 Å². The van der Waals surface area contributed by atoms with Gasteiger partial charge in [-0.05, 0) is 30.3 Å². The summed E-state index contributed by atoms with van der Waals surface area (Å²) in [6, 6.07) is 9.00. The van der Waals surface area contributed by atoms with Crippen LogP contribution in [0, 0.1) is 0 Å². The van der Waals surface area contributed by atoms with E-state index in [-0.39, 0.29) is 10.6 Å². The van der Waals surface area contributed by atoms with Gasteiger partial charge >= 0.3 is 5.97 Å². The van der Waals surface area contributed by atoms with Gasteiger partial charge in [0.25, 0.3) is 0 Å². The Kier molecular flexibility index (Phi) is 4.73. The molecule has 1 aromatic carbocycles. The zero-order chi connectivity index (χ0) is 16.4. The maximum absolute atomic E-state index is 11.0. The third kappa shape index (κ3) is 3.59. The lowest BCUT2D eigenvalue weighted by Gasteiger charge is -2.36. The van der Waals surface area contributed by atoms with Crippen molar-refractivity contribution in [1.29, 1.82) is 0 Å². The lowest BCUT2D eigenvalue weighted by molar-refractivity contribution is 0.0697. The van der Waals surface area contributed by atoms with Crippen LogP contribution >= 0.6 is 27.5 Å². The van der Waals surface area contributed by atoms with Crippen molar-refractivity contribution >= 4 is 45.0 Å². The van der Waals surface area contributed by atoms with E-state index in [2.05, 4.69) is 30.7 Å². The molecule has 2 heterocycles. The Bertz CT molecular complexity index is 733. The van der Waals surface area contributed by atoms with E-state index in [1.807, 2.05) is 18.2 Å². The maximum Gasteiger partial charge on any atom is 0.337 e. The van der Waals surface area contributed by atoms with Gasteiger partial charge in [0.05, 0.1) is 10.6 Å². The number of piperazine rings is 1. The molecule has 120 valence electrons. The summed E-state index contributed by atoms with van der Waals surface area (Å²) in [7, 11) is 0. The van der Waals surface area contributed by atoms with E-state index < -0.39 is 5.97 Å². The molecule has 0 atom stereocenters. The molecule has 0 spiro atoms. The van der Waals surface area contributed by atoms with Crippen molar-refractivity contribution in [2.75, 3.05) is 36.0 Å². The highest BCUT2D eigenvalue weighted by Crippen LogP contribution is 2.26. The molecule has 23 heavy (non-hydrogen) atoms. The molecule has 2 aromatic rings. The molecule has 0 saturated carbocycles. The summed E-state index contributed by atoms with van der Waals surface area (Å²) in [4.78, 5) is 19.8. The second kappa shape index (κ2) is 6.76. The summed E-state index contributed by atoms with van der Waals surface area (Å²) in [6.45, 7) is 3.36. The van der Waals surface area contributed by atoms with Gasteiger partial charge < -0.3 is 14.9 Å². The number of benzene rings is 1. The van der Waals surface area contributed by atoms with Gasteiger partial charge in [0, 0.05) is 42.5 Å². The molecule has 1 aliphatic heterocycles. The summed E-state index contributed by atoms with van der Waals surface area (Å²) >= 11 is 9.52. The van der Waals surface area contributed by atoms with Crippen molar-refractivity contribution < 1.29 is 9.90 Å². The normalized spacial score (nSPS) is 14.9. The Labute approximate surface area is 147 Å². The minimum absolute atomic E-state index is 0.132. The molecule has 1 aromatic heterocycles. The molecule has 0 unspecified atom stereocenters. The summed E-state index contributed by atoms with van der Waals surface area (Å²) in [5.41, 5.74) is 1.08.